The van der Waals surface area contributed by atoms with Gasteiger partial charge in [-0.2, -0.15) is 0 Å². The maximum atomic E-state index is 12.7. The zero-order chi connectivity index (χ0) is 12.9. The van der Waals surface area contributed by atoms with E-state index in [1.807, 2.05) is 0 Å². The van der Waals surface area contributed by atoms with E-state index in [4.69, 9.17) is 0 Å². The number of fused-ring (bicyclic) bond motifs is 2. The standard InChI is InChI=1S/C15H22N2O/c1-9-4-12-7-16-14-6-11(3)10(2)5-13(14)15(18)17(12)8-9/h5,9,12,14,16H,4,6-8H2,1-3H3/t9?,12-,14?/m0/s1. The Bertz CT molecular complexity index is 449. The summed E-state index contributed by atoms with van der Waals surface area (Å²) in [5.74, 6) is 0.908. The van der Waals surface area contributed by atoms with E-state index in [-0.39, 0.29) is 11.9 Å². The molecule has 3 atom stereocenters. The van der Waals surface area contributed by atoms with Gasteiger partial charge < -0.3 is 10.2 Å². The smallest absolute Gasteiger partial charge is 0.251 e. The fourth-order valence-corrected chi connectivity index (χ4v) is 3.46. The van der Waals surface area contributed by atoms with Crippen LogP contribution in [0.2, 0.25) is 0 Å². The molecule has 2 unspecified atom stereocenters. The fourth-order valence-electron chi connectivity index (χ4n) is 3.46. The minimum atomic E-state index is 0.238. The Morgan fingerprint density at radius 1 is 1.39 bits per heavy atom. The first-order valence-corrected chi connectivity index (χ1v) is 6.98. The van der Waals surface area contributed by atoms with E-state index in [2.05, 4.69) is 37.1 Å². The first kappa shape index (κ1) is 12.0. The molecule has 0 spiro atoms. The summed E-state index contributed by atoms with van der Waals surface area (Å²) in [7, 11) is 0. The summed E-state index contributed by atoms with van der Waals surface area (Å²) in [4.78, 5) is 14.7. The minimum Gasteiger partial charge on any atom is -0.334 e. The molecule has 1 aliphatic carbocycles. The molecule has 3 aliphatic rings. The highest BCUT2D eigenvalue weighted by Gasteiger charge is 2.39. The van der Waals surface area contributed by atoms with Crippen molar-refractivity contribution in [3.8, 4) is 0 Å². The van der Waals surface area contributed by atoms with Gasteiger partial charge in [0.05, 0.1) is 0 Å². The predicted octanol–water partition coefficient (Wildman–Crippen LogP) is 1.86. The topological polar surface area (TPSA) is 32.3 Å². The van der Waals surface area contributed by atoms with E-state index in [9.17, 15) is 4.79 Å². The molecule has 0 radical (unpaired) electrons. The van der Waals surface area contributed by atoms with Crippen LogP contribution in [0, 0.1) is 5.92 Å². The van der Waals surface area contributed by atoms with Crippen molar-refractivity contribution in [1.82, 2.24) is 10.2 Å². The van der Waals surface area contributed by atoms with E-state index in [0.29, 0.717) is 12.0 Å². The van der Waals surface area contributed by atoms with Gasteiger partial charge in [-0.1, -0.05) is 18.1 Å². The molecule has 98 valence electrons. The highest BCUT2D eigenvalue weighted by Crippen LogP contribution is 2.32. The number of carbonyl (C=O) groups is 1. The molecule has 1 N–H and O–H groups in total. The van der Waals surface area contributed by atoms with E-state index in [0.717, 1.165) is 31.5 Å². The Balaban J connectivity index is 1.94. The minimum absolute atomic E-state index is 0.238. The first-order valence-electron chi connectivity index (χ1n) is 6.98. The van der Waals surface area contributed by atoms with E-state index in [1.54, 1.807) is 0 Å². The van der Waals surface area contributed by atoms with Crippen LogP contribution in [0.5, 0.6) is 0 Å². The van der Waals surface area contributed by atoms with Gasteiger partial charge in [-0.3, -0.25) is 4.79 Å². The van der Waals surface area contributed by atoms with Crippen LogP contribution in [-0.4, -0.2) is 36.0 Å². The second-order valence-corrected chi connectivity index (χ2v) is 6.18. The number of nitrogens with zero attached hydrogens (tertiary/aromatic N) is 1. The van der Waals surface area contributed by atoms with Gasteiger partial charge in [0, 0.05) is 30.7 Å². The summed E-state index contributed by atoms with van der Waals surface area (Å²) in [5.41, 5.74) is 3.65. The maximum absolute atomic E-state index is 12.7. The maximum Gasteiger partial charge on any atom is 0.251 e. The highest BCUT2D eigenvalue weighted by atomic mass is 16.2. The summed E-state index contributed by atoms with van der Waals surface area (Å²) >= 11 is 0. The number of hydrogen-bond donors (Lipinski definition) is 1. The third-order valence-electron chi connectivity index (χ3n) is 4.66. The summed E-state index contributed by atoms with van der Waals surface area (Å²) < 4.78 is 0. The van der Waals surface area contributed by atoms with Crippen molar-refractivity contribution in [2.75, 3.05) is 13.1 Å². The monoisotopic (exact) mass is 246 g/mol. The van der Waals surface area contributed by atoms with Crippen LogP contribution >= 0.6 is 0 Å². The van der Waals surface area contributed by atoms with Gasteiger partial charge in [-0.25, -0.2) is 0 Å². The highest BCUT2D eigenvalue weighted by molar-refractivity contribution is 5.96. The van der Waals surface area contributed by atoms with Gasteiger partial charge in [0.2, 0.25) is 0 Å². The number of nitrogens with one attached hydrogen (secondary N) is 1. The van der Waals surface area contributed by atoms with Gasteiger partial charge in [-0.15, -0.1) is 0 Å². The molecular weight excluding hydrogens is 224 g/mol. The molecule has 1 amide bonds. The molecule has 3 rings (SSSR count). The molecule has 3 nitrogen and oxygen atoms in total. The van der Waals surface area contributed by atoms with E-state index >= 15 is 0 Å². The first-order chi connectivity index (χ1) is 8.56. The summed E-state index contributed by atoms with van der Waals surface area (Å²) in [6.07, 6.45) is 4.23. The van der Waals surface area contributed by atoms with Crippen molar-refractivity contribution in [2.24, 2.45) is 5.92 Å². The van der Waals surface area contributed by atoms with Crippen LogP contribution in [0.25, 0.3) is 0 Å². The average molecular weight is 246 g/mol. The van der Waals surface area contributed by atoms with Crippen LogP contribution < -0.4 is 5.32 Å². The van der Waals surface area contributed by atoms with Crippen molar-refractivity contribution in [3.05, 3.63) is 22.8 Å². The van der Waals surface area contributed by atoms with Gasteiger partial charge in [0.1, 0.15) is 0 Å². The normalized spacial score (nSPS) is 36.2. The summed E-state index contributed by atoms with van der Waals surface area (Å²) in [5, 5.41) is 3.59. The van der Waals surface area contributed by atoms with Crippen LogP contribution in [0.3, 0.4) is 0 Å². The SMILES string of the molecule is CC1=C(C)CC2NC[C@@H]3CC(C)CN3C(=O)C2=C1. The quantitative estimate of drug-likeness (QED) is 0.707. The van der Waals surface area contributed by atoms with E-state index in [1.165, 1.54) is 11.1 Å². The lowest BCUT2D eigenvalue weighted by molar-refractivity contribution is -0.127. The molecule has 2 aliphatic heterocycles. The van der Waals surface area contributed by atoms with Crippen molar-refractivity contribution in [3.63, 3.8) is 0 Å². The third-order valence-corrected chi connectivity index (χ3v) is 4.66. The Morgan fingerprint density at radius 3 is 2.94 bits per heavy atom. The molecule has 0 saturated carbocycles. The number of hydrogen-bond acceptors (Lipinski definition) is 2. The van der Waals surface area contributed by atoms with Gasteiger partial charge in [-0.05, 0) is 38.7 Å². The van der Waals surface area contributed by atoms with Crippen LogP contribution in [0.4, 0.5) is 0 Å². The molecule has 2 saturated heterocycles. The molecule has 0 aromatic rings. The molecule has 0 aromatic carbocycles. The summed E-state index contributed by atoms with van der Waals surface area (Å²) in [6.45, 7) is 8.40. The number of carbonyl (C=O) groups excluding carboxylic acids is 1. The Hall–Kier alpha value is -1.09. The number of amides is 1. The fraction of sp³-hybridized carbons (Fsp3) is 0.667. The lowest BCUT2D eigenvalue weighted by Crippen LogP contribution is -2.37. The molecule has 2 fully saturated rings. The van der Waals surface area contributed by atoms with Crippen molar-refractivity contribution in [2.45, 2.75) is 45.7 Å². The Kier molecular flexibility index (Phi) is 2.81. The van der Waals surface area contributed by atoms with Crippen LogP contribution in [-0.2, 0) is 4.79 Å². The van der Waals surface area contributed by atoms with Crippen molar-refractivity contribution >= 4 is 5.91 Å². The van der Waals surface area contributed by atoms with Crippen molar-refractivity contribution < 1.29 is 4.79 Å². The lowest BCUT2D eigenvalue weighted by atomic mass is 9.89. The second kappa shape index (κ2) is 4.23. The van der Waals surface area contributed by atoms with Crippen LogP contribution in [0.15, 0.2) is 22.8 Å². The molecule has 18 heavy (non-hydrogen) atoms. The van der Waals surface area contributed by atoms with Gasteiger partial charge in [0.15, 0.2) is 0 Å². The van der Waals surface area contributed by atoms with Crippen molar-refractivity contribution in [1.29, 1.82) is 0 Å². The molecule has 0 bridgehead atoms. The Morgan fingerprint density at radius 2 is 2.17 bits per heavy atom. The number of rotatable bonds is 0. The van der Waals surface area contributed by atoms with Gasteiger partial charge in [0.25, 0.3) is 5.91 Å². The molecule has 3 heteroatoms. The number of allylic oxidation sites excluding steroid dienone is 2. The largest absolute Gasteiger partial charge is 0.334 e. The second-order valence-electron chi connectivity index (χ2n) is 6.18. The Labute approximate surface area is 109 Å². The molecule has 0 aromatic heterocycles. The van der Waals surface area contributed by atoms with Crippen LogP contribution in [0.1, 0.15) is 33.6 Å². The zero-order valence-electron chi connectivity index (χ0n) is 11.5. The summed E-state index contributed by atoms with van der Waals surface area (Å²) in [6, 6.07) is 0.640. The third kappa shape index (κ3) is 1.81. The van der Waals surface area contributed by atoms with E-state index < -0.39 is 0 Å². The average Bonchev–Trinajstić information content (AvgIpc) is 2.65. The zero-order valence-corrected chi connectivity index (χ0v) is 11.5. The molecule has 2 heterocycles. The predicted molar refractivity (Wildman–Crippen MR) is 72.1 cm³/mol. The lowest BCUT2D eigenvalue weighted by Gasteiger charge is -2.25. The molecular formula is C15H22N2O. The van der Waals surface area contributed by atoms with Gasteiger partial charge >= 0.3 is 0 Å².